The molecule has 0 N–H and O–H groups in total. The zero-order valence-electron chi connectivity index (χ0n) is 11.7. The van der Waals surface area contributed by atoms with Crippen molar-refractivity contribution in [3.63, 3.8) is 0 Å². The topological polar surface area (TPSA) is 82.2 Å². The lowest BCUT2D eigenvalue weighted by atomic mass is 10.1. The second kappa shape index (κ2) is 5.70. The van der Waals surface area contributed by atoms with Crippen LogP contribution in [0.5, 0.6) is 0 Å². The predicted molar refractivity (Wildman–Crippen MR) is 77.6 cm³/mol. The molecule has 0 radical (unpaired) electrons. The molecule has 0 atom stereocenters. The number of benzene rings is 1. The minimum atomic E-state index is -0.475. The fourth-order valence-corrected chi connectivity index (χ4v) is 2.04. The van der Waals surface area contributed by atoms with Gasteiger partial charge in [0.2, 0.25) is 0 Å². The Bertz CT molecular complexity index is 760. The van der Waals surface area contributed by atoms with Gasteiger partial charge in [0.15, 0.2) is 5.78 Å². The van der Waals surface area contributed by atoms with Crippen molar-refractivity contribution >= 4 is 11.5 Å². The summed E-state index contributed by atoms with van der Waals surface area (Å²) >= 11 is 0. The molecule has 0 bridgehead atoms. The van der Waals surface area contributed by atoms with Crippen LogP contribution < -0.4 is 5.56 Å². The second-order valence-corrected chi connectivity index (χ2v) is 4.76. The van der Waals surface area contributed by atoms with Crippen molar-refractivity contribution in [2.45, 2.75) is 20.4 Å². The zero-order chi connectivity index (χ0) is 15.6. The standard InChI is InChI=1S/C15H14N2O4/c1-10-3-8-14(11(2)18)15(19)16(10)9-12-4-6-13(7-5-12)17(20)21/h3-8H,9H2,1-2H3. The quantitative estimate of drug-likeness (QED) is 0.490. The van der Waals surface area contributed by atoms with Gasteiger partial charge in [0.1, 0.15) is 0 Å². The Balaban J connectivity index is 2.39. The minimum Gasteiger partial charge on any atom is -0.308 e. The molecule has 0 amide bonds. The Morgan fingerprint density at radius 1 is 1.19 bits per heavy atom. The van der Waals surface area contributed by atoms with Crippen LogP contribution in [0.1, 0.15) is 28.5 Å². The number of carbonyl (C=O) groups excluding carboxylic acids is 1. The van der Waals surface area contributed by atoms with Gasteiger partial charge in [-0.25, -0.2) is 0 Å². The van der Waals surface area contributed by atoms with Crippen molar-refractivity contribution < 1.29 is 9.72 Å². The van der Waals surface area contributed by atoms with E-state index >= 15 is 0 Å². The molecule has 1 aromatic heterocycles. The van der Waals surface area contributed by atoms with Crippen LogP contribution >= 0.6 is 0 Å². The Morgan fingerprint density at radius 3 is 2.33 bits per heavy atom. The summed E-state index contributed by atoms with van der Waals surface area (Å²) in [4.78, 5) is 33.8. The summed E-state index contributed by atoms with van der Waals surface area (Å²) in [6.45, 7) is 3.39. The number of hydrogen-bond acceptors (Lipinski definition) is 4. The van der Waals surface area contributed by atoms with Gasteiger partial charge >= 0.3 is 0 Å². The number of hydrogen-bond donors (Lipinski definition) is 0. The van der Waals surface area contributed by atoms with E-state index in [1.165, 1.54) is 29.7 Å². The molecule has 1 heterocycles. The van der Waals surface area contributed by atoms with E-state index in [0.717, 1.165) is 11.3 Å². The van der Waals surface area contributed by atoms with Gasteiger partial charge in [-0.05, 0) is 31.5 Å². The molecule has 2 rings (SSSR count). The fourth-order valence-electron chi connectivity index (χ4n) is 2.04. The van der Waals surface area contributed by atoms with Gasteiger partial charge in [-0.1, -0.05) is 12.1 Å². The van der Waals surface area contributed by atoms with E-state index < -0.39 is 4.92 Å². The van der Waals surface area contributed by atoms with E-state index in [-0.39, 0.29) is 29.1 Å². The number of nitrogens with zero attached hydrogens (tertiary/aromatic N) is 2. The van der Waals surface area contributed by atoms with Crippen molar-refractivity contribution in [2.24, 2.45) is 0 Å². The molecule has 0 fully saturated rings. The first-order chi connectivity index (χ1) is 9.90. The van der Waals surface area contributed by atoms with Crippen molar-refractivity contribution in [1.29, 1.82) is 0 Å². The maximum Gasteiger partial charge on any atom is 0.269 e. The van der Waals surface area contributed by atoms with Crippen LogP contribution in [0.3, 0.4) is 0 Å². The van der Waals surface area contributed by atoms with Crippen molar-refractivity contribution in [2.75, 3.05) is 0 Å². The van der Waals surface area contributed by atoms with Gasteiger partial charge in [-0.3, -0.25) is 19.7 Å². The molecule has 0 saturated carbocycles. The lowest BCUT2D eigenvalue weighted by Crippen LogP contribution is -2.27. The first kappa shape index (κ1) is 14.6. The van der Waals surface area contributed by atoms with Crippen LogP contribution in [-0.4, -0.2) is 15.3 Å². The van der Waals surface area contributed by atoms with E-state index in [1.807, 2.05) is 0 Å². The third kappa shape index (κ3) is 3.05. The molecule has 0 aliphatic carbocycles. The van der Waals surface area contributed by atoms with Crippen molar-refractivity contribution in [1.82, 2.24) is 4.57 Å². The van der Waals surface area contributed by atoms with Crippen LogP contribution in [-0.2, 0) is 6.54 Å². The van der Waals surface area contributed by atoms with E-state index in [9.17, 15) is 19.7 Å². The lowest BCUT2D eigenvalue weighted by Gasteiger charge is -2.11. The Labute approximate surface area is 120 Å². The molecule has 0 saturated heterocycles. The number of non-ortho nitro benzene ring substituents is 1. The number of Topliss-reactive ketones (excluding diaryl/α,β-unsaturated/α-hetero) is 1. The first-order valence-electron chi connectivity index (χ1n) is 6.35. The average Bonchev–Trinajstić information content (AvgIpc) is 2.43. The maximum atomic E-state index is 12.2. The molecule has 0 aliphatic heterocycles. The number of rotatable bonds is 4. The van der Waals surface area contributed by atoms with Gasteiger partial charge in [0, 0.05) is 17.8 Å². The van der Waals surface area contributed by atoms with Crippen LogP contribution in [0.2, 0.25) is 0 Å². The van der Waals surface area contributed by atoms with Crippen LogP contribution in [0, 0.1) is 17.0 Å². The first-order valence-corrected chi connectivity index (χ1v) is 6.35. The number of aromatic nitrogens is 1. The molecule has 2 aromatic rings. The second-order valence-electron chi connectivity index (χ2n) is 4.76. The number of aryl methyl sites for hydroxylation is 1. The van der Waals surface area contributed by atoms with Crippen molar-refractivity contribution in [3.05, 3.63) is 73.7 Å². The number of carbonyl (C=O) groups is 1. The van der Waals surface area contributed by atoms with Crippen LogP contribution in [0.25, 0.3) is 0 Å². The summed E-state index contributed by atoms with van der Waals surface area (Å²) in [7, 11) is 0. The number of nitro groups is 1. The minimum absolute atomic E-state index is 0.000283. The largest absolute Gasteiger partial charge is 0.308 e. The summed E-state index contributed by atoms with van der Waals surface area (Å²) in [5.74, 6) is -0.280. The fraction of sp³-hybridized carbons (Fsp3) is 0.200. The monoisotopic (exact) mass is 286 g/mol. The number of nitro benzene ring substituents is 1. The van der Waals surface area contributed by atoms with Crippen molar-refractivity contribution in [3.8, 4) is 0 Å². The molecule has 1 aromatic carbocycles. The lowest BCUT2D eigenvalue weighted by molar-refractivity contribution is -0.384. The summed E-state index contributed by atoms with van der Waals surface area (Å²) in [6.07, 6.45) is 0. The molecule has 21 heavy (non-hydrogen) atoms. The molecule has 108 valence electrons. The van der Waals surface area contributed by atoms with Gasteiger partial charge in [0.25, 0.3) is 11.2 Å². The summed E-state index contributed by atoms with van der Waals surface area (Å²) in [6, 6.07) is 9.22. The van der Waals surface area contributed by atoms with E-state index in [4.69, 9.17) is 0 Å². The maximum absolute atomic E-state index is 12.2. The number of pyridine rings is 1. The third-order valence-electron chi connectivity index (χ3n) is 3.26. The Morgan fingerprint density at radius 2 is 1.81 bits per heavy atom. The molecule has 6 nitrogen and oxygen atoms in total. The predicted octanol–water partition coefficient (Wildman–Crippen LogP) is 2.32. The van der Waals surface area contributed by atoms with Crippen LogP contribution in [0.15, 0.2) is 41.2 Å². The van der Waals surface area contributed by atoms with E-state index in [1.54, 1.807) is 25.1 Å². The zero-order valence-corrected chi connectivity index (χ0v) is 11.7. The highest BCUT2D eigenvalue weighted by Gasteiger charge is 2.11. The van der Waals surface area contributed by atoms with E-state index in [2.05, 4.69) is 0 Å². The highest BCUT2D eigenvalue weighted by Crippen LogP contribution is 2.13. The third-order valence-corrected chi connectivity index (χ3v) is 3.26. The smallest absolute Gasteiger partial charge is 0.269 e. The summed E-state index contributed by atoms with van der Waals surface area (Å²) < 4.78 is 1.48. The normalized spacial score (nSPS) is 10.4. The van der Waals surface area contributed by atoms with Gasteiger partial charge in [0.05, 0.1) is 17.0 Å². The van der Waals surface area contributed by atoms with Crippen LogP contribution in [0.4, 0.5) is 5.69 Å². The van der Waals surface area contributed by atoms with Gasteiger partial charge in [-0.2, -0.15) is 0 Å². The molecule has 0 unspecified atom stereocenters. The molecule has 0 spiro atoms. The Hall–Kier alpha value is -2.76. The summed E-state index contributed by atoms with van der Waals surface area (Å²) in [5.41, 5.74) is 1.28. The number of ketones is 1. The summed E-state index contributed by atoms with van der Waals surface area (Å²) in [5, 5.41) is 10.6. The molecular formula is C15H14N2O4. The van der Waals surface area contributed by atoms with Gasteiger partial charge < -0.3 is 4.57 Å². The SMILES string of the molecule is CC(=O)c1ccc(C)n(Cc2ccc([N+](=O)[O-])cc2)c1=O. The highest BCUT2D eigenvalue weighted by molar-refractivity contribution is 5.93. The molecule has 6 heteroatoms. The van der Waals surface area contributed by atoms with Gasteiger partial charge in [-0.15, -0.1) is 0 Å². The average molecular weight is 286 g/mol. The Kier molecular flexibility index (Phi) is 3.98. The molecule has 0 aliphatic rings. The highest BCUT2D eigenvalue weighted by atomic mass is 16.6. The van der Waals surface area contributed by atoms with E-state index in [0.29, 0.717) is 0 Å². The molecular weight excluding hydrogens is 272 g/mol.